The molecule has 7 nitrogen and oxygen atoms in total. The van der Waals surface area contributed by atoms with Gasteiger partial charge in [-0.1, -0.05) is 32.0 Å². The average Bonchev–Trinajstić information content (AvgIpc) is 2.76. The van der Waals surface area contributed by atoms with E-state index in [1.165, 1.54) is 6.92 Å². The van der Waals surface area contributed by atoms with Gasteiger partial charge in [0.05, 0.1) is 23.1 Å². The Kier molecular flexibility index (Phi) is 8.45. The number of ether oxygens (including phenoxy) is 1. The fourth-order valence-electron chi connectivity index (χ4n) is 3.76. The third-order valence-corrected chi connectivity index (χ3v) is 7.07. The van der Waals surface area contributed by atoms with Crippen LogP contribution in [0.15, 0.2) is 47.4 Å². The van der Waals surface area contributed by atoms with Gasteiger partial charge in [0.25, 0.3) is 0 Å². The number of amides is 1. The molecule has 1 aliphatic heterocycles. The fraction of sp³-hybridized carbons (Fsp3) is 0.458. The van der Waals surface area contributed by atoms with Crippen LogP contribution in [0.4, 0.5) is 13.2 Å². The number of halogens is 3. The summed E-state index contributed by atoms with van der Waals surface area (Å²) in [5, 5.41) is 6.25. The van der Waals surface area contributed by atoms with Crippen LogP contribution in [0.5, 0.6) is 5.75 Å². The van der Waals surface area contributed by atoms with Crippen molar-refractivity contribution >= 4 is 15.9 Å². The first kappa shape index (κ1) is 27.0. The van der Waals surface area contributed by atoms with Crippen molar-refractivity contribution in [1.82, 2.24) is 15.4 Å². The third kappa shape index (κ3) is 7.42. The molecule has 192 valence electrons. The quantitative estimate of drug-likeness (QED) is 0.473. The van der Waals surface area contributed by atoms with E-state index >= 15 is 0 Å². The van der Waals surface area contributed by atoms with Gasteiger partial charge >= 0.3 is 6.18 Å². The molecular weight excluding hydrogens is 483 g/mol. The van der Waals surface area contributed by atoms with E-state index in [4.69, 9.17) is 4.74 Å². The molecule has 2 aromatic carbocycles. The Hall–Kier alpha value is -2.63. The Morgan fingerprint density at radius 3 is 2.57 bits per heavy atom. The summed E-state index contributed by atoms with van der Waals surface area (Å²) in [5.41, 5.74) is 0.837. The molecular formula is C24H30F3N3O4S. The maximum absolute atomic E-state index is 12.9. The number of sulfonamides is 1. The van der Waals surface area contributed by atoms with E-state index < -0.39 is 32.7 Å². The van der Waals surface area contributed by atoms with Crippen LogP contribution in [0, 0.1) is 0 Å². The van der Waals surface area contributed by atoms with Gasteiger partial charge in [0.2, 0.25) is 15.9 Å². The number of benzene rings is 2. The number of alkyl halides is 3. The molecule has 3 rings (SSSR count). The van der Waals surface area contributed by atoms with E-state index in [-0.39, 0.29) is 18.4 Å². The second kappa shape index (κ2) is 11.0. The van der Waals surface area contributed by atoms with Gasteiger partial charge in [-0.15, -0.1) is 0 Å². The number of hydrogen-bond donors (Lipinski definition) is 3. The SMILES string of the molecule is CC(C)NCc1ccc2c(c1)OCC[C@H]2NC(=O)C[C@H](C)NS(=O)(=O)c1cccc(C(F)(F)F)c1. The molecule has 0 saturated heterocycles. The fourth-order valence-corrected chi connectivity index (χ4v) is 5.05. The van der Waals surface area contributed by atoms with Gasteiger partial charge in [-0.2, -0.15) is 13.2 Å². The molecule has 0 bridgehead atoms. The van der Waals surface area contributed by atoms with Crippen molar-refractivity contribution in [3.05, 3.63) is 59.2 Å². The van der Waals surface area contributed by atoms with Crippen LogP contribution in [-0.4, -0.2) is 33.0 Å². The van der Waals surface area contributed by atoms with E-state index in [2.05, 4.69) is 29.2 Å². The second-order valence-corrected chi connectivity index (χ2v) is 10.6. The predicted octanol–water partition coefficient (Wildman–Crippen LogP) is 3.90. The van der Waals surface area contributed by atoms with E-state index in [0.717, 1.165) is 29.3 Å². The first-order valence-electron chi connectivity index (χ1n) is 11.3. The highest BCUT2D eigenvalue weighted by Gasteiger charge is 2.32. The smallest absolute Gasteiger partial charge is 0.416 e. The van der Waals surface area contributed by atoms with Crippen LogP contribution in [0.3, 0.4) is 0 Å². The average molecular weight is 514 g/mol. The molecule has 35 heavy (non-hydrogen) atoms. The largest absolute Gasteiger partial charge is 0.493 e. The van der Waals surface area contributed by atoms with Crippen LogP contribution >= 0.6 is 0 Å². The van der Waals surface area contributed by atoms with Gasteiger partial charge in [-0.3, -0.25) is 4.79 Å². The number of carbonyl (C=O) groups excluding carboxylic acids is 1. The Labute approximate surface area is 203 Å². The Morgan fingerprint density at radius 2 is 1.89 bits per heavy atom. The van der Waals surface area contributed by atoms with Crippen molar-refractivity contribution in [3.8, 4) is 5.75 Å². The molecule has 0 aliphatic carbocycles. The zero-order valence-corrected chi connectivity index (χ0v) is 20.6. The topological polar surface area (TPSA) is 96.5 Å². The standard InChI is InChI=1S/C24H30F3N3O4S/c1-15(2)28-14-17-7-8-20-21(9-10-34-22(20)12-17)29-23(31)11-16(3)30-35(32,33)19-6-4-5-18(13-19)24(25,26)27/h4-8,12-13,15-16,21,28,30H,9-11,14H2,1-3H3,(H,29,31)/t16-,21+/m0/s1. The molecule has 11 heteroatoms. The molecule has 2 aromatic rings. The van der Waals surface area contributed by atoms with Crippen molar-refractivity contribution in [3.63, 3.8) is 0 Å². The highest BCUT2D eigenvalue weighted by molar-refractivity contribution is 7.89. The predicted molar refractivity (Wildman–Crippen MR) is 125 cm³/mol. The zero-order valence-electron chi connectivity index (χ0n) is 19.8. The lowest BCUT2D eigenvalue weighted by Gasteiger charge is -2.28. The second-order valence-electron chi connectivity index (χ2n) is 8.92. The maximum atomic E-state index is 12.9. The van der Waals surface area contributed by atoms with Crippen molar-refractivity contribution in [1.29, 1.82) is 0 Å². The van der Waals surface area contributed by atoms with Crippen molar-refractivity contribution in [2.24, 2.45) is 0 Å². The molecule has 0 saturated carbocycles. The number of carbonyl (C=O) groups is 1. The molecule has 3 N–H and O–H groups in total. The summed E-state index contributed by atoms with van der Waals surface area (Å²) in [5.74, 6) is 0.315. The lowest BCUT2D eigenvalue weighted by atomic mass is 9.98. The summed E-state index contributed by atoms with van der Waals surface area (Å²) >= 11 is 0. The van der Waals surface area contributed by atoms with Crippen molar-refractivity contribution in [2.45, 2.75) is 69.4 Å². The molecule has 0 spiro atoms. The number of fused-ring (bicyclic) bond motifs is 1. The Bertz CT molecular complexity index is 1150. The lowest BCUT2D eigenvalue weighted by Crippen LogP contribution is -2.39. The summed E-state index contributed by atoms with van der Waals surface area (Å²) in [6, 6.07) is 8.51. The van der Waals surface area contributed by atoms with Crippen LogP contribution in [0.25, 0.3) is 0 Å². The minimum absolute atomic E-state index is 0.179. The summed E-state index contributed by atoms with van der Waals surface area (Å²) in [7, 11) is -4.24. The third-order valence-electron chi connectivity index (χ3n) is 5.49. The molecule has 0 radical (unpaired) electrons. The summed E-state index contributed by atoms with van der Waals surface area (Å²) in [6.07, 6.45) is -4.28. The number of rotatable bonds is 9. The summed E-state index contributed by atoms with van der Waals surface area (Å²) in [6.45, 7) is 6.71. The molecule has 0 aromatic heterocycles. The van der Waals surface area contributed by atoms with E-state index in [9.17, 15) is 26.4 Å². The Morgan fingerprint density at radius 1 is 1.14 bits per heavy atom. The number of hydrogen-bond acceptors (Lipinski definition) is 5. The molecule has 1 amide bonds. The molecule has 0 unspecified atom stereocenters. The van der Waals surface area contributed by atoms with E-state index in [1.54, 1.807) is 0 Å². The van der Waals surface area contributed by atoms with Crippen LogP contribution < -0.4 is 20.1 Å². The van der Waals surface area contributed by atoms with Gasteiger partial charge in [0, 0.05) is 37.0 Å². The Balaban J connectivity index is 1.61. The lowest BCUT2D eigenvalue weighted by molar-refractivity contribution is -0.137. The van der Waals surface area contributed by atoms with Crippen molar-refractivity contribution in [2.75, 3.05) is 6.61 Å². The first-order chi connectivity index (χ1) is 16.3. The van der Waals surface area contributed by atoms with Gasteiger partial charge in [0.15, 0.2) is 0 Å². The minimum Gasteiger partial charge on any atom is -0.493 e. The monoisotopic (exact) mass is 513 g/mol. The highest BCUT2D eigenvalue weighted by atomic mass is 32.2. The van der Waals surface area contributed by atoms with Gasteiger partial charge in [-0.05, 0) is 36.8 Å². The highest BCUT2D eigenvalue weighted by Crippen LogP contribution is 2.33. The van der Waals surface area contributed by atoms with Gasteiger partial charge in [-0.25, -0.2) is 13.1 Å². The molecule has 2 atom stereocenters. The van der Waals surface area contributed by atoms with Gasteiger partial charge < -0.3 is 15.4 Å². The number of nitrogens with one attached hydrogen (secondary N) is 3. The van der Waals surface area contributed by atoms with Crippen LogP contribution in [-0.2, 0) is 27.5 Å². The maximum Gasteiger partial charge on any atom is 0.416 e. The normalized spacial score (nSPS) is 16.9. The molecule has 1 aliphatic rings. The van der Waals surface area contributed by atoms with Crippen LogP contribution in [0.1, 0.15) is 56.3 Å². The summed E-state index contributed by atoms with van der Waals surface area (Å²) < 4.78 is 71.9. The van der Waals surface area contributed by atoms with E-state index in [1.807, 2.05) is 18.2 Å². The van der Waals surface area contributed by atoms with E-state index in [0.29, 0.717) is 37.4 Å². The van der Waals surface area contributed by atoms with Crippen molar-refractivity contribution < 1.29 is 31.1 Å². The minimum atomic E-state index is -4.66. The first-order valence-corrected chi connectivity index (χ1v) is 12.8. The van der Waals surface area contributed by atoms with Gasteiger partial charge in [0.1, 0.15) is 5.75 Å². The van der Waals surface area contributed by atoms with Crippen LogP contribution in [0.2, 0.25) is 0 Å². The summed E-state index contributed by atoms with van der Waals surface area (Å²) in [4.78, 5) is 12.1. The zero-order chi connectivity index (χ0) is 25.8. The molecule has 1 heterocycles. The molecule has 0 fully saturated rings.